The third kappa shape index (κ3) is 4.56. The number of hydrogen-bond acceptors (Lipinski definition) is 4. The molecule has 0 spiro atoms. The molecule has 5 heteroatoms. The van der Waals surface area contributed by atoms with Crippen LogP contribution < -0.4 is 10.2 Å². The largest absolute Gasteiger partial charge is 0.432 e. The molecule has 114 valence electrons. The number of benzene rings is 1. The Kier molecular flexibility index (Phi) is 4.63. The standard InChI is InChI=1S/C16H22FN3O/c1-16(2,3)18-9-13-11-21-15(19-13)20(4)10-12-7-5-6-8-14(12)17/h5-8,11,18H,9-10H2,1-4H3. The molecule has 0 atom stereocenters. The zero-order valence-electron chi connectivity index (χ0n) is 13.0. The summed E-state index contributed by atoms with van der Waals surface area (Å²) < 4.78 is 19.1. The van der Waals surface area contributed by atoms with E-state index in [1.54, 1.807) is 23.3 Å². The van der Waals surface area contributed by atoms with Crippen LogP contribution in [0.1, 0.15) is 32.0 Å². The average molecular weight is 291 g/mol. The lowest BCUT2D eigenvalue weighted by molar-refractivity contribution is 0.421. The van der Waals surface area contributed by atoms with Gasteiger partial charge in [0.05, 0.1) is 5.69 Å². The number of nitrogens with one attached hydrogen (secondary N) is 1. The fourth-order valence-electron chi connectivity index (χ4n) is 1.86. The van der Waals surface area contributed by atoms with E-state index in [9.17, 15) is 4.39 Å². The number of aromatic nitrogens is 1. The topological polar surface area (TPSA) is 41.3 Å². The first-order valence-corrected chi connectivity index (χ1v) is 6.99. The summed E-state index contributed by atoms with van der Waals surface area (Å²) in [5.74, 6) is -0.217. The quantitative estimate of drug-likeness (QED) is 0.917. The molecule has 1 heterocycles. The van der Waals surface area contributed by atoms with Gasteiger partial charge in [-0.3, -0.25) is 0 Å². The number of hydrogen-bond donors (Lipinski definition) is 1. The minimum absolute atomic E-state index is 0.0260. The number of nitrogens with zero attached hydrogens (tertiary/aromatic N) is 2. The van der Waals surface area contributed by atoms with Crippen LogP contribution >= 0.6 is 0 Å². The van der Waals surface area contributed by atoms with Crippen LogP contribution in [0.5, 0.6) is 0 Å². The van der Waals surface area contributed by atoms with Gasteiger partial charge in [0.2, 0.25) is 0 Å². The fraction of sp³-hybridized carbons (Fsp3) is 0.438. The Bertz CT molecular complexity index is 589. The Balaban J connectivity index is 1.99. The predicted molar refractivity (Wildman–Crippen MR) is 81.6 cm³/mol. The summed E-state index contributed by atoms with van der Waals surface area (Å²) in [4.78, 5) is 6.20. The number of oxazole rings is 1. The molecule has 1 aromatic heterocycles. The minimum Gasteiger partial charge on any atom is -0.432 e. The van der Waals surface area contributed by atoms with E-state index in [0.29, 0.717) is 24.7 Å². The van der Waals surface area contributed by atoms with Crippen molar-refractivity contribution in [1.29, 1.82) is 0 Å². The second kappa shape index (κ2) is 6.26. The van der Waals surface area contributed by atoms with Gasteiger partial charge in [-0.15, -0.1) is 0 Å². The monoisotopic (exact) mass is 291 g/mol. The lowest BCUT2D eigenvalue weighted by Crippen LogP contribution is -2.35. The highest BCUT2D eigenvalue weighted by Gasteiger charge is 2.14. The van der Waals surface area contributed by atoms with E-state index in [2.05, 4.69) is 31.1 Å². The molecule has 0 aliphatic heterocycles. The van der Waals surface area contributed by atoms with Gasteiger partial charge in [0.25, 0.3) is 6.01 Å². The van der Waals surface area contributed by atoms with Crippen molar-refractivity contribution >= 4 is 6.01 Å². The average Bonchev–Trinajstić information content (AvgIpc) is 2.87. The summed E-state index contributed by atoms with van der Waals surface area (Å²) >= 11 is 0. The van der Waals surface area contributed by atoms with Crippen molar-refractivity contribution in [3.05, 3.63) is 47.6 Å². The molecule has 0 saturated carbocycles. The zero-order valence-corrected chi connectivity index (χ0v) is 13.0. The van der Waals surface area contributed by atoms with Gasteiger partial charge in [-0.25, -0.2) is 4.39 Å². The van der Waals surface area contributed by atoms with Crippen molar-refractivity contribution in [1.82, 2.24) is 10.3 Å². The first-order valence-electron chi connectivity index (χ1n) is 6.99. The second-order valence-electron chi connectivity index (χ2n) is 6.17. The van der Waals surface area contributed by atoms with E-state index in [0.717, 1.165) is 5.69 Å². The Labute approximate surface area is 125 Å². The summed E-state index contributed by atoms with van der Waals surface area (Å²) in [5.41, 5.74) is 1.48. The summed E-state index contributed by atoms with van der Waals surface area (Å²) in [7, 11) is 1.83. The van der Waals surface area contributed by atoms with Crippen molar-refractivity contribution < 1.29 is 8.81 Å². The molecule has 0 aliphatic carbocycles. The van der Waals surface area contributed by atoms with Crippen molar-refractivity contribution in [2.45, 2.75) is 39.4 Å². The van der Waals surface area contributed by atoms with Crippen LogP contribution in [0.25, 0.3) is 0 Å². The van der Waals surface area contributed by atoms with Gasteiger partial charge in [-0.05, 0) is 26.8 Å². The molecule has 2 aromatic rings. The molecule has 0 radical (unpaired) electrons. The Morgan fingerprint density at radius 1 is 1.29 bits per heavy atom. The van der Waals surface area contributed by atoms with Gasteiger partial charge in [0, 0.05) is 31.2 Å². The molecule has 0 unspecified atom stereocenters. The molecule has 0 saturated heterocycles. The highest BCUT2D eigenvalue weighted by Crippen LogP contribution is 2.17. The number of anilines is 1. The first kappa shape index (κ1) is 15.5. The number of rotatable bonds is 5. The molecular weight excluding hydrogens is 269 g/mol. The number of halogens is 1. The molecule has 21 heavy (non-hydrogen) atoms. The van der Waals surface area contributed by atoms with E-state index in [1.807, 2.05) is 13.1 Å². The van der Waals surface area contributed by atoms with Crippen LogP contribution in [0.4, 0.5) is 10.4 Å². The summed E-state index contributed by atoms with van der Waals surface area (Å²) in [6, 6.07) is 7.21. The van der Waals surface area contributed by atoms with Gasteiger partial charge in [-0.1, -0.05) is 18.2 Å². The van der Waals surface area contributed by atoms with Crippen LogP contribution in [0.2, 0.25) is 0 Å². The molecule has 0 aliphatic rings. The van der Waals surface area contributed by atoms with E-state index in [4.69, 9.17) is 4.42 Å². The van der Waals surface area contributed by atoms with E-state index in [-0.39, 0.29) is 11.4 Å². The SMILES string of the molecule is CN(Cc1ccccc1F)c1nc(CNC(C)(C)C)co1. The van der Waals surface area contributed by atoms with Crippen molar-refractivity contribution in [2.75, 3.05) is 11.9 Å². The zero-order chi connectivity index (χ0) is 15.5. The minimum atomic E-state index is -0.217. The lowest BCUT2D eigenvalue weighted by atomic mass is 10.1. The third-order valence-corrected chi connectivity index (χ3v) is 3.03. The summed E-state index contributed by atoms with van der Waals surface area (Å²) in [5, 5.41) is 3.35. The Hall–Kier alpha value is -1.88. The molecule has 2 rings (SSSR count). The molecule has 4 nitrogen and oxygen atoms in total. The highest BCUT2D eigenvalue weighted by molar-refractivity contribution is 5.29. The molecule has 0 fully saturated rings. The lowest BCUT2D eigenvalue weighted by Gasteiger charge is -2.19. The van der Waals surface area contributed by atoms with E-state index in [1.165, 1.54) is 6.07 Å². The smallest absolute Gasteiger partial charge is 0.297 e. The van der Waals surface area contributed by atoms with Gasteiger partial charge in [-0.2, -0.15) is 4.98 Å². The maximum absolute atomic E-state index is 13.6. The third-order valence-electron chi connectivity index (χ3n) is 3.03. The van der Waals surface area contributed by atoms with Gasteiger partial charge in [0.1, 0.15) is 12.1 Å². The molecule has 1 aromatic carbocycles. The normalized spacial score (nSPS) is 11.7. The van der Waals surface area contributed by atoms with Gasteiger partial charge >= 0.3 is 0 Å². The Morgan fingerprint density at radius 3 is 2.67 bits per heavy atom. The predicted octanol–water partition coefficient (Wildman–Crippen LogP) is 3.34. The molecule has 0 amide bonds. The van der Waals surface area contributed by atoms with Gasteiger partial charge in [0.15, 0.2) is 0 Å². The highest BCUT2D eigenvalue weighted by atomic mass is 19.1. The molecule has 0 bridgehead atoms. The van der Waals surface area contributed by atoms with Crippen molar-refractivity contribution in [3.8, 4) is 0 Å². The van der Waals surface area contributed by atoms with Crippen LogP contribution in [-0.4, -0.2) is 17.6 Å². The van der Waals surface area contributed by atoms with Crippen LogP contribution in [0, 0.1) is 5.82 Å². The van der Waals surface area contributed by atoms with Crippen molar-refractivity contribution in [3.63, 3.8) is 0 Å². The summed E-state index contributed by atoms with van der Waals surface area (Å²) in [6.45, 7) is 7.34. The van der Waals surface area contributed by atoms with E-state index < -0.39 is 0 Å². The fourth-order valence-corrected chi connectivity index (χ4v) is 1.86. The van der Waals surface area contributed by atoms with Crippen LogP contribution in [0.15, 0.2) is 34.9 Å². The maximum atomic E-state index is 13.6. The maximum Gasteiger partial charge on any atom is 0.297 e. The van der Waals surface area contributed by atoms with Crippen molar-refractivity contribution in [2.24, 2.45) is 0 Å². The molecular formula is C16H22FN3O. The Morgan fingerprint density at radius 2 is 2.00 bits per heavy atom. The van der Waals surface area contributed by atoms with Crippen LogP contribution in [0.3, 0.4) is 0 Å². The van der Waals surface area contributed by atoms with Crippen LogP contribution in [-0.2, 0) is 13.1 Å². The second-order valence-corrected chi connectivity index (χ2v) is 6.17. The van der Waals surface area contributed by atoms with Gasteiger partial charge < -0.3 is 14.6 Å². The summed E-state index contributed by atoms with van der Waals surface area (Å²) in [6.07, 6.45) is 1.63. The molecule has 1 N–H and O–H groups in total. The first-order chi connectivity index (χ1) is 9.85. The van der Waals surface area contributed by atoms with E-state index >= 15 is 0 Å².